The maximum Gasteiger partial charge on any atom is 0.309 e. The lowest BCUT2D eigenvalue weighted by Gasteiger charge is -2.22. The highest BCUT2D eigenvalue weighted by molar-refractivity contribution is 7.59. The maximum absolute atomic E-state index is 13.5. The molecule has 0 amide bonds. The van der Waals surface area contributed by atoms with Gasteiger partial charge in [-0.1, -0.05) is 99.7 Å². The lowest BCUT2D eigenvalue weighted by molar-refractivity contribution is -0.150. The molecule has 0 bridgehead atoms. The van der Waals surface area contributed by atoms with Gasteiger partial charge in [0.1, 0.15) is 13.2 Å². The fraction of sp³-hybridized carbons (Fsp3) is 0.517. The van der Waals surface area contributed by atoms with Crippen LogP contribution in [0.3, 0.4) is 0 Å². The van der Waals surface area contributed by atoms with Gasteiger partial charge in [-0.3, -0.25) is 14.2 Å². The van der Waals surface area contributed by atoms with E-state index in [-0.39, 0.29) is 32.2 Å². The van der Waals surface area contributed by atoms with Gasteiger partial charge in [-0.2, -0.15) is 0 Å². The van der Waals surface area contributed by atoms with Crippen LogP contribution in [0.5, 0.6) is 0 Å². The summed E-state index contributed by atoms with van der Waals surface area (Å²) >= 11 is 0. The molecule has 7 heteroatoms. The third-order valence-corrected chi connectivity index (χ3v) is 8.84. The zero-order chi connectivity index (χ0) is 26.1. The first-order valence-electron chi connectivity index (χ1n) is 13.0. The van der Waals surface area contributed by atoms with Crippen molar-refractivity contribution in [3.8, 4) is 0 Å². The number of hydrogen-bond acceptors (Lipinski definition) is 6. The van der Waals surface area contributed by atoms with Crippen molar-refractivity contribution in [1.29, 1.82) is 0 Å². The molecule has 198 valence electrons. The van der Waals surface area contributed by atoms with Crippen LogP contribution in [-0.4, -0.2) is 31.4 Å². The van der Waals surface area contributed by atoms with E-state index in [1.54, 1.807) is 0 Å². The second kappa shape index (κ2) is 17.1. The van der Waals surface area contributed by atoms with E-state index in [0.29, 0.717) is 6.16 Å². The molecular formula is C29H41O6P. The Balaban J connectivity index is 1.94. The summed E-state index contributed by atoms with van der Waals surface area (Å²) in [5.41, 5.74) is 1.77. The Kier molecular flexibility index (Phi) is 14.2. The van der Waals surface area contributed by atoms with Gasteiger partial charge in [0.25, 0.3) is 0 Å². The van der Waals surface area contributed by atoms with Crippen molar-refractivity contribution in [3.63, 3.8) is 0 Å². The SMILES string of the molecule is CCCCCCCCP(=O)(CC(CCC(=O)OCc1ccccc1)C(=O)OCc1ccccc1)OC. The fourth-order valence-electron chi connectivity index (χ4n) is 3.96. The molecule has 0 radical (unpaired) electrons. The van der Waals surface area contributed by atoms with E-state index in [0.717, 1.165) is 30.4 Å². The monoisotopic (exact) mass is 516 g/mol. The first-order valence-corrected chi connectivity index (χ1v) is 15.0. The van der Waals surface area contributed by atoms with Crippen molar-refractivity contribution in [2.45, 2.75) is 71.5 Å². The van der Waals surface area contributed by atoms with Gasteiger partial charge in [-0.25, -0.2) is 0 Å². The molecule has 2 rings (SSSR count). The summed E-state index contributed by atoms with van der Waals surface area (Å²) in [5, 5.41) is 0. The zero-order valence-electron chi connectivity index (χ0n) is 21.7. The maximum atomic E-state index is 13.5. The molecule has 0 aliphatic heterocycles. The van der Waals surface area contributed by atoms with Crippen molar-refractivity contribution < 1.29 is 28.2 Å². The topological polar surface area (TPSA) is 78.9 Å². The molecule has 0 N–H and O–H groups in total. The van der Waals surface area contributed by atoms with Crippen molar-refractivity contribution in [2.75, 3.05) is 19.4 Å². The van der Waals surface area contributed by atoms with E-state index in [1.807, 2.05) is 60.7 Å². The summed E-state index contributed by atoms with van der Waals surface area (Å²) in [4.78, 5) is 25.4. The van der Waals surface area contributed by atoms with Crippen molar-refractivity contribution in [1.82, 2.24) is 0 Å². The van der Waals surface area contributed by atoms with Crippen LogP contribution in [0.2, 0.25) is 0 Å². The number of esters is 2. The highest BCUT2D eigenvalue weighted by atomic mass is 31.2. The van der Waals surface area contributed by atoms with Gasteiger partial charge in [0.05, 0.1) is 5.92 Å². The fourth-order valence-corrected chi connectivity index (χ4v) is 6.18. The Labute approximate surface area is 216 Å². The zero-order valence-corrected chi connectivity index (χ0v) is 22.6. The average Bonchev–Trinajstić information content (AvgIpc) is 2.91. The van der Waals surface area contributed by atoms with E-state index in [4.69, 9.17) is 14.0 Å². The molecule has 2 aromatic rings. The van der Waals surface area contributed by atoms with E-state index in [1.165, 1.54) is 26.4 Å². The smallest absolute Gasteiger partial charge is 0.309 e. The minimum atomic E-state index is -3.04. The van der Waals surface area contributed by atoms with Gasteiger partial charge in [0.15, 0.2) is 0 Å². The second-order valence-corrected chi connectivity index (χ2v) is 12.0. The average molecular weight is 517 g/mol. The van der Waals surface area contributed by atoms with Crippen LogP contribution < -0.4 is 0 Å². The molecule has 0 heterocycles. The summed E-state index contributed by atoms with van der Waals surface area (Å²) < 4.78 is 29.8. The van der Waals surface area contributed by atoms with Crippen LogP contribution >= 0.6 is 7.37 Å². The normalized spacial score (nSPS) is 13.5. The highest BCUT2D eigenvalue weighted by Gasteiger charge is 2.32. The van der Waals surface area contributed by atoms with Gasteiger partial charge >= 0.3 is 11.9 Å². The van der Waals surface area contributed by atoms with Crippen LogP contribution in [0.4, 0.5) is 0 Å². The van der Waals surface area contributed by atoms with Gasteiger partial charge in [0.2, 0.25) is 7.37 Å². The quantitative estimate of drug-likeness (QED) is 0.119. The molecule has 0 aromatic heterocycles. The Bertz CT molecular complexity index is 931. The van der Waals surface area contributed by atoms with E-state index < -0.39 is 25.2 Å². The van der Waals surface area contributed by atoms with Crippen molar-refractivity contribution in [2.24, 2.45) is 5.92 Å². The van der Waals surface area contributed by atoms with Crippen LogP contribution in [0.1, 0.15) is 69.4 Å². The molecule has 0 aliphatic carbocycles. The lowest BCUT2D eigenvalue weighted by atomic mass is 10.1. The molecular weight excluding hydrogens is 475 g/mol. The van der Waals surface area contributed by atoms with Crippen LogP contribution in [0.15, 0.2) is 60.7 Å². The third kappa shape index (κ3) is 12.0. The molecule has 2 aromatic carbocycles. The standard InChI is InChI=1S/C29H41O6P/c1-3-4-5-6-7-14-21-36(32,33-2)24-27(29(31)35-23-26-17-12-9-13-18-26)19-20-28(30)34-22-25-15-10-8-11-16-25/h8-13,15-18,27H,3-7,14,19-24H2,1-2H3. The summed E-state index contributed by atoms with van der Waals surface area (Å²) in [6.45, 7) is 2.48. The number of carbonyl (C=O) groups excluding carboxylic acids is 2. The Hall–Kier alpha value is -2.43. The molecule has 0 fully saturated rings. The van der Waals surface area contributed by atoms with E-state index >= 15 is 0 Å². The molecule has 2 atom stereocenters. The first kappa shape index (κ1) is 29.8. The van der Waals surface area contributed by atoms with Crippen LogP contribution in [0, 0.1) is 5.92 Å². The van der Waals surface area contributed by atoms with Crippen molar-refractivity contribution >= 4 is 19.3 Å². The molecule has 0 saturated heterocycles. The molecule has 36 heavy (non-hydrogen) atoms. The number of benzene rings is 2. The predicted octanol–water partition coefficient (Wildman–Crippen LogP) is 7.15. The van der Waals surface area contributed by atoms with Gasteiger partial charge < -0.3 is 14.0 Å². The molecule has 0 saturated carbocycles. The van der Waals surface area contributed by atoms with Gasteiger partial charge in [-0.15, -0.1) is 0 Å². The second-order valence-electron chi connectivity index (χ2n) is 9.15. The molecule has 6 nitrogen and oxygen atoms in total. The Morgan fingerprint density at radius 1 is 0.806 bits per heavy atom. The predicted molar refractivity (Wildman–Crippen MR) is 143 cm³/mol. The summed E-state index contributed by atoms with van der Waals surface area (Å²) in [5.74, 6) is -1.57. The lowest BCUT2D eigenvalue weighted by Crippen LogP contribution is -2.24. The number of carbonyl (C=O) groups is 2. The minimum absolute atomic E-state index is 0.0403. The van der Waals surface area contributed by atoms with Gasteiger partial charge in [0, 0.05) is 25.9 Å². The first-order chi connectivity index (χ1) is 17.5. The Morgan fingerprint density at radius 2 is 1.36 bits per heavy atom. The van der Waals surface area contributed by atoms with Gasteiger partial charge in [-0.05, 0) is 24.0 Å². The molecule has 0 aliphatic rings. The number of unbranched alkanes of at least 4 members (excludes halogenated alkanes) is 5. The van der Waals surface area contributed by atoms with E-state index in [9.17, 15) is 14.2 Å². The van der Waals surface area contributed by atoms with Crippen LogP contribution in [0.25, 0.3) is 0 Å². The number of hydrogen-bond donors (Lipinski definition) is 0. The van der Waals surface area contributed by atoms with Crippen molar-refractivity contribution in [3.05, 3.63) is 71.8 Å². The van der Waals surface area contributed by atoms with E-state index in [2.05, 4.69) is 6.92 Å². The Morgan fingerprint density at radius 3 is 1.94 bits per heavy atom. The summed E-state index contributed by atoms with van der Waals surface area (Å²) in [6.07, 6.45) is 7.18. The highest BCUT2D eigenvalue weighted by Crippen LogP contribution is 2.49. The third-order valence-electron chi connectivity index (χ3n) is 6.18. The summed E-state index contributed by atoms with van der Waals surface area (Å²) in [7, 11) is -1.59. The number of rotatable bonds is 18. The summed E-state index contributed by atoms with van der Waals surface area (Å²) in [6, 6.07) is 18.8. The molecule has 2 unspecified atom stereocenters. The molecule has 0 spiro atoms. The largest absolute Gasteiger partial charge is 0.461 e. The number of ether oxygens (including phenoxy) is 2. The van der Waals surface area contributed by atoms with Crippen LogP contribution in [-0.2, 0) is 41.4 Å². The minimum Gasteiger partial charge on any atom is -0.461 e.